The van der Waals surface area contributed by atoms with Gasteiger partial charge in [0, 0.05) is 12.3 Å². The van der Waals surface area contributed by atoms with Gasteiger partial charge in [-0.3, -0.25) is 0 Å². The molecule has 2 aromatic rings. The van der Waals surface area contributed by atoms with Crippen LogP contribution in [0.1, 0.15) is 67.7 Å². The Bertz CT molecular complexity index is 1030. The molecule has 0 fully saturated rings. The van der Waals surface area contributed by atoms with E-state index in [2.05, 4.69) is 23.2 Å². The third-order valence-electron chi connectivity index (χ3n) is 7.37. The van der Waals surface area contributed by atoms with E-state index in [-0.39, 0.29) is 0 Å². The van der Waals surface area contributed by atoms with Crippen LogP contribution in [0.3, 0.4) is 0 Å². The van der Waals surface area contributed by atoms with Gasteiger partial charge in [0.1, 0.15) is 5.75 Å². The maximum absolute atomic E-state index is 11.5. The molecule has 194 valence electrons. The monoisotopic (exact) mass is 500 g/mol. The Balaban J connectivity index is 1.30. The predicted octanol–water partition coefficient (Wildman–Crippen LogP) is 5.07. The summed E-state index contributed by atoms with van der Waals surface area (Å²) >= 11 is 0. The molecule has 0 aromatic heterocycles. The Labute approximate surface area is 212 Å². The lowest BCUT2D eigenvalue weighted by molar-refractivity contribution is 0.176. The van der Waals surface area contributed by atoms with Crippen LogP contribution in [0.2, 0.25) is 0 Å². The number of sulfone groups is 1. The number of rotatable bonds is 14. The molecule has 0 spiro atoms. The van der Waals surface area contributed by atoms with Gasteiger partial charge < -0.3 is 15.3 Å². The van der Waals surface area contributed by atoms with Crippen LogP contribution >= 0.6 is 0 Å². The molecule has 3 rings (SSSR count). The van der Waals surface area contributed by atoms with Crippen LogP contribution in [0, 0.1) is 6.92 Å². The van der Waals surface area contributed by atoms with Crippen LogP contribution in [0.5, 0.6) is 5.75 Å². The highest BCUT2D eigenvalue weighted by Gasteiger charge is 2.25. The smallest absolute Gasteiger partial charge is 0.175 e. The fourth-order valence-electron chi connectivity index (χ4n) is 5.26. The molecule has 0 amide bonds. The van der Waals surface area contributed by atoms with Gasteiger partial charge in [-0.15, -0.1) is 0 Å². The Hall–Kier alpha value is -1.89. The lowest BCUT2D eigenvalue weighted by Crippen LogP contribution is -2.40. The third kappa shape index (κ3) is 8.33. The SMILES string of the molecule is CCCN(CCCCCCNCCc1ccc(S(C)(=O)=O)cc1)[C@H]1CCc2c(ccc(O)c2C)C1. The molecule has 2 aromatic carbocycles. The molecule has 2 N–H and O–H groups in total. The molecular formula is C29H44N2O3S. The summed E-state index contributed by atoms with van der Waals surface area (Å²) in [7, 11) is -3.12. The molecule has 0 unspecified atom stereocenters. The summed E-state index contributed by atoms with van der Waals surface area (Å²) in [6.45, 7) is 8.63. The number of aromatic hydroxyl groups is 1. The molecule has 5 nitrogen and oxygen atoms in total. The van der Waals surface area contributed by atoms with Crippen molar-refractivity contribution in [1.82, 2.24) is 10.2 Å². The number of phenolic OH excluding ortho intramolecular Hbond substituents is 1. The van der Waals surface area contributed by atoms with Crippen molar-refractivity contribution in [3.63, 3.8) is 0 Å². The van der Waals surface area contributed by atoms with E-state index < -0.39 is 9.84 Å². The fourth-order valence-corrected chi connectivity index (χ4v) is 5.89. The van der Waals surface area contributed by atoms with Crippen molar-refractivity contribution in [1.29, 1.82) is 0 Å². The average molecular weight is 501 g/mol. The van der Waals surface area contributed by atoms with E-state index >= 15 is 0 Å². The van der Waals surface area contributed by atoms with E-state index in [0.717, 1.165) is 37.9 Å². The first-order chi connectivity index (χ1) is 16.8. The molecule has 0 bridgehead atoms. The third-order valence-corrected chi connectivity index (χ3v) is 8.50. The van der Waals surface area contributed by atoms with Gasteiger partial charge in [0.25, 0.3) is 0 Å². The van der Waals surface area contributed by atoms with Crippen LogP contribution < -0.4 is 5.32 Å². The highest BCUT2D eigenvalue weighted by atomic mass is 32.2. The van der Waals surface area contributed by atoms with Crippen molar-refractivity contribution < 1.29 is 13.5 Å². The normalized spacial score (nSPS) is 15.9. The van der Waals surface area contributed by atoms with Crippen LogP contribution in [-0.4, -0.2) is 56.9 Å². The maximum Gasteiger partial charge on any atom is 0.175 e. The maximum atomic E-state index is 11.5. The van der Waals surface area contributed by atoms with Gasteiger partial charge in [-0.2, -0.15) is 0 Å². The van der Waals surface area contributed by atoms with Crippen molar-refractivity contribution in [3.8, 4) is 5.75 Å². The van der Waals surface area contributed by atoms with Crippen LogP contribution in [0.15, 0.2) is 41.3 Å². The zero-order chi connectivity index (χ0) is 25.3. The molecule has 0 heterocycles. The molecule has 1 atom stereocenters. The second-order valence-electron chi connectivity index (χ2n) is 10.1. The van der Waals surface area contributed by atoms with Gasteiger partial charge in [-0.25, -0.2) is 8.42 Å². The second-order valence-corrected chi connectivity index (χ2v) is 12.1. The number of hydrogen-bond donors (Lipinski definition) is 2. The van der Waals surface area contributed by atoms with Gasteiger partial charge in [0.2, 0.25) is 0 Å². The fraction of sp³-hybridized carbons (Fsp3) is 0.586. The minimum atomic E-state index is -3.12. The standard InChI is InChI=1S/C29H44N2O3S/c1-4-20-31(26-12-15-28-23(2)29(32)16-11-25(28)22-26)21-8-6-5-7-18-30-19-17-24-9-13-27(14-10-24)35(3,33)34/h9-11,13-14,16,26,30,32H,4-8,12,15,17-22H2,1-3H3/t26-/m0/s1. The largest absolute Gasteiger partial charge is 0.508 e. The molecule has 6 heteroatoms. The van der Waals surface area contributed by atoms with E-state index in [1.54, 1.807) is 12.1 Å². The Morgan fingerprint density at radius 1 is 1.00 bits per heavy atom. The first-order valence-electron chi connectivity index (χ1n) is 13.3. The first-order valence-corrected chi connectivity index (χ1v) is 15.2. The summed E-state index contributed by atoms with van der Waals surface area (Å²) in [5, 5.41) is 13.5. The van der Waals surface area contributed by atoms with Gasteiger partial charge in [0.15, 0.2) is 9.84 Å². The quantitative estimate of drug-likeness (QED) is 0.355. The minimum absolute atomic E-state index is 0.385. The summed E-state index contributed by atoms with van der Waals surface area (Å²) in [4.78, 5) is 3.09. The highest BCUT2D eigenvalue weighted by Crippen LogP contribution is 2.31. The lowest BCUT2D eigenvalue weighted by atomic mass is 9.84. The number of nitrogens with zero attached hydrogens (tertiary/aromatic N) is 1. The van der Waals surface area contributed by atoms with Crippen LogP contribution in [-0.2, 0) is 29.1 Å². The van der Waals surface area contributed by atoms with Crippen LogP contribution in [0.4, 0.5) is 0 Å². The van der Waals surface area contributed by atoms with E-state index in [4.69, 9.17) is 0 Å². The Kier molecular flexibility index (Phi) is 10.6. The number of unbranched alkanes of at least 4 members (excludes halogenated alkanes) is 3. The number of benzene rings is 2. The molecule has 0 saturated heterocycles. The molecule has 0 radical (unpaired) electrons. The predicted molar refractivity (Wildman–Crippen MR) is 145 cm³/mol. The zero-order valence-corrected chi connectivity index (χ0v) is 22.7. The Morgan fingerprint density at radius 2 is 1.74 bits per heavy atom. The lowest BCUT2D eigenvalue weighted by Gasteiger charge is -2.36. The molecule has 0 saturated carbocycles. The zero-order valence-electron chi connectivity index (χ0n) is 21.9. The summed E-state index contributed by atoms with van der Waals surface area (Å²) in [6.07, 6.45) is 11.7. The van der Waals surface area contributed by atoms with Gasteiger partial charge in [-0.1, -0.05) is 38.0 Å². The van der Waals surface area contributed by atoms with Gasteiger partial charge >= 0.3 is 0 Å². The van der Waals surface area contributed by atoms with Gasteiger partial charge in [-0.05, 0) is 119 Å². The van der Waals surface area contributed by atoms with Crippen molar-refractivity contribution >= 4 is 9.84 Å². The topological polar surface area (TPSA) is 69.6 Å². The summed E-state index contributed by atoms with van der Waals surface area (Å²) in [5.41, 5.74) is 5.03. The second kappa shape index (κ2) is 13.4. The molecule has 0 aliphatic heterocycles. The van der Waals surface area contributed by atoms with Crippen molar-refractivity contribution in [2.24, 2.45) is 0 Å². The Morgan fingerprint density at radius 3 is 2.46 bits per heavy atom. The van der Waals surface area contributed by atoms with Crippen molar-refractivity contribution in [2.75, 3.05) is 32.4 Å². The van der Waals surface area contributed by atoms with E-state index in [1.165, 1.54) is 74.6 Å². The average Bonchev–Trinajstić information content (AvgIpc) is 2.84. The van der Waals surface area contributed by atoms with Crippen LogP contribution in [0.25, 0.3) is 0 Å². The summed E-state index contributed by atoms with van der Waals surface area (Å²) in [5.74, 6) is 0.436. The van der Waals surface area contributed by atoms with Gasteiger partial charge in [0.05, 0.1) is 4.90 Å². The highest BCUT2D eigenvalue weighted by molar-refractivity contribution is 7.90. The van der Waals surface area contributed by atoms with Crippen molar-refractivity contribution in [2.45, 2.75) is 82.6 Å². The number of phenols is 1. The van der Waals surface area contributed by atoms with E-state index in [0.29, 0.717) is 16.7 Å². The number of hydrogen-bond acceptors (Lipinski definition) is 5. The molecule has 35 heavy (non-hydrogen) atoms. The molecule has 1 aliphatic carbocycles. The number of fused-ring (bicyclic) bond motifs is 1. The van der Waals surface area contributed by atoms with Crippen molar-refractivity contribution in [3.05, 3.63) is 58.7 Å². The summed E-state index contributed by atoms with van der Waals surface area (Å²) in [6, 6.07) is 11.8. The molecular weight excluding hydrogens is 456 g/mol. The molecule has 1 aliphatic rings. The van der Waals surface area contributed by atoms with E-state index in [1.807, 2.05) is 25.1 Å². The summed E-state index contributed by atoms with van der Waals surface area (Å²) < 4.78 is 23.1. The number of nitrogens with one attached hydrogen (secondary N) is 1. The first kappa shape index (κ1) is 27.7. The van der Waals surface area contributed by atoms with E-state index in [9.17, 15) is 13.5 Å². The minimum Gasteiger partial charge on any atom is -0.508 e.